The second-order valence-corrected chi connectivity index (χ2v) is 3.12. The van der Waals surface area contributed by atoms with Gasteiger partial charge in [0.15, 0.2) is 0 Å². The van der Waals surface area contributed by atoms with Crippen molar-refractivity contribution in [2.24, 2.45) is 0 Å². The summed E-state index contributed by atoms with van der Waals surface area (Å²) >= 11 is 3.65. The zero-order valence-corrected chi connectivity index (χ0v) is 7.02. The minimum atomic E-state index is 1.21. The van der Waals surface area contributed by atoms with E-state index >= 15 is 0 Å². The van der Waals surface area contributed by atoms with E-state index in [2.05, 4.69) is 24.0 Å². The van der Waals surface area contributed by atoms with Crippen molar-refractivity contribution in [3.8, 4) is 0 Å². The lowest BCUT2D eigenvalue weighted by molar-refractivity contribution is 1.25. The number of hydrogen-bond acceptors (Lipinski definition) is 2. The number of allylic oxidation sites excluding steroid dienone is 1. The van der Waals surface area contributed by atoms with Crippen molar-refractivity contribution >= 4 is 23.5 Å². The normalized spacial score (nSPS) is 10.8. The van der Waals surface area contributed by atoms with Crippen LogP contribution in [-0.2, 0) is 0 Å². The van der Waals surface area contributed by atoms with Crippen LogP contribution in [0.2, 0.25) is 0 Å². The summed E-state index contributed by atoms with van der Waals surface area (Å²) in [6, 6.07) is 0. The summed E-state index contributed by atoms with van der Waals surface area (Å²) in [6.07, 6.45) is 7.63. The van der Waals surface area contributed by atoms with Crippen LogP contribution in [0.4, 0.5) is 0 Å². The van der Waals surface area contributed by atoms with E-state index in [0.717, 1.165) is 0 Å². The van der Waals surface area contributed by atoms with Gasteiger partial charge in [0.2, 0.25) is 0 Å². The van der Waals surface area contributed by atoms with E-state index in [0.29, 0.717) is 0 Å². The minimum absolute atomic E-state index is 1.21. The summed E-state index contributed by atoms with van der Waals surface area (Å²) in [5, 5.41) is 2.14. The standard InChI is InChI=1S/C6H12S2/c1-7-5-3-4-6-8-2/h3,5H,4,6H2,1-2H3. The molecule has 0 unspecified atom stereocenters. The Morgan fingerprint density at radius 1 is 1.38 bits per heavy atom. The Hall–Kier alpha value is 0.440. The molecular weight excluding hydrogens is 136 g/mol. The molecule has 8 heavy (non-hydrogen) atoms. The summed E-state index contributed by atoms with van der Waals surface area (Å²) < 4.78 is 0. The van der Waals surface area contributed by atoms with E-state index in [9.17, 15) is 0 Å². The molecule has 0 fully saturated rings. The molecule has 0 heterocycles. The van der Waals surface area contributed by atoms with Crippen molar-refractivity contribution < 1.29 is 0 Å². The third-order valence-corrected chi connectivity index (χ3v) is 1.83. The van der Waals surface area contributed by atoms with Crippen molar-refractivity contribution in [2.75, 3.05) is 18.3 Å². The average Bonchev–Trinajstić information content (AvgIpc) is 1.81. The van der Waals surface area contributed by atoms with Crippen LogP contribution >= 0.6 is 23.5 Å². The molecule has 0 atom stereocenters. The average molecular weight is 148 g/mol. The van der Waals surface area contributed by atoms with Gasteiger partial charge < -0.3 is 0 Å². The second kappa shape index (κ2) is 7.44. The lowest BCUT2D eigenvalue weighted by Crippen LogP contribution is -1.69. The highest BCUT2D eigenvalue weighted by Gasteiger charge is 1.74. The Morgan fingerprint density at radius 2 is 2.12 bits per heavy atom. The minimum Gasteiger partial charge on any atom is -0.165 e. The van der Waals surface area contributed by atoms with Crippen molar-refractivity contribution in [1.29, 1.82) is 0 Å². The molecule has 0 saturated carbocycles. The molecule has 48 valence electrons. The first kappa shape index (κ1) is 8.44. The molecule has 0 spiro atoms. The van der Waals surface area contributed by atoms with E-state index in [1.54, 1.807) is 11.8 Å². The monoisotopic (exact) mass is 148 g/mol. The van der Waals surface area contributed by atoms with E-state index in [-0.39, 0.29) is 0 Å². The van der Waals surface area contributed by atoms with E-state index in [1.807, 2.05) is 11.8 Å². The lowest BCUT2D eigenvalue weighted by Gasteiger charge is -1.85. The fraction of sp³-hybridized carbons (Fsp3) is 0.667. The van der Waals surface area contributed by atoms with Gasteiger partial charge in [-0.2, -0.15) is 11.8 Å². The highest BCUT2D eigenvalue weighted by Crippen LogP contribution is 1.99. The molecule has 0 aromatic heterocycles. The van der Waals surface area contributed by atoms with Crippen LogP contribution in [0.25, 0.3) is 0 Å². The summed E-state index contributed by atoms with van der Waals surface area (Å²) in [5.74, 6) is 1.25. The van der Waals surface area contributed by atoms with Gasteiger partial charge in [-0.3, -0.25) is 0 Å². The zero-order valence-electron chi connectivity index (χ0n) is 5.39. The van der Waals surface area contributed by atoms with Crippen LogP contribution in [0, 0.1) is 0 Å². The largest absolute Gasteiger partial charge is 0.165 e. The summed E-state index contributed by atoms with van der Waals surface area (Å²) in [5.41, 5.74) is 0. The maximum atomic E-state index is 2.21. The molecule has 0 bridgehead atoms. The Balaban J connectivity index is 2.80. The van der Waals surface area contributed by atoms with Crippen LogP contribution in [0.3, 0.4) is 0 Å². The predicted octanol–water partition coefficient (Wildman–Crippen LogP) is 2.62. The van der Waals surface area contributed by atoms with Gasteiger partial charge in [0.05, 0.1) is 0 Å². The molecule has 2 heteroatoms. The van der Waals surface area contributed by atoms with Crippen LogP contribution in [-0.4, -0.2) is 18.3 Å². The molecule has 0 aliphatic heterocycles. The van der Waals surface area contributed by atoms with Crippen molar-refractivity contribution in [3.05, 3.63) is 11.5 Å². The maximum Gasteiger partial charge on any atom is -0.00354 e. The summed E-state index contributed by atoms with van der Waals surface area (Å²) in [7, 11) is 0. The Kier molecular flexibility index (Phi) is 7.85. The first-order valence-corrected chi connectivity index (χ1v) is 5.26. The van der Waals surface area contributed by atoms with Crippen LogP contribution in [0.5, 0.6) is 0 Å². The first-order chi connectivity index (χ1) is 3.91. The molecule has 0 amide bonds. The highest BCUT2D eigenvalue weighted by atomic mass is 32.2. The Morgan fingerprint density at radius 3 is 2.62 bits per heavy atom. The van der Waals surface area contributed by atoms with Gasteiger partial charge in [-0.05, 0) is 30.1 Å². The molecule has 0 saturated heterocycles. The molecule has 0 aromatic rings. The maximum absolute atomic E-state index is 2.21. The van der Waals surface area contributed by atoms with Gasteiger partial charge >= 0.3 is 0 Å². The van der Waals surface area contributed by atoms with E-state index < -0.39 is 0 Å². The zero-order chi connectivity index (χ0) is 6.24. The molecule has 0 aliphatic rings. The van der Waals surface area contributed by atoms with Gasteiger partial charge in [0.25, 0.3) is 0 Å². The SMILES string of the molecule is CSC=CCCSC. The number of thioether (sulfide) groups is 2. The van der Waals surface area contributed by atoms with E-state index in [1.165, 1.54) is 12.2 Å². The third-order valence-electron chi connectivity index (χ3n) is 0.721. The molecule has 0 aromatic carbocycles. The molecule has 0 radical (unpaired) electrons. The van der Waals surface area contributed by atoms with E-state index in [4.69, 9.17) is 0 Å². The molecule has 0 N–H and O–H groups in total. The Labute approximate surface area is 60.1 Å². The second-order valence-electron chi connectivity index (χ2n) is 1.39. The lowest BCUT2D eigenvalue weighted by atomic mass is 10.5. The van der Waals surface area contributed by atoms with Gasteiger partial charge in [-0.1, -0.05) is 6.08 Å². The van der Waals surface area contributed by atoms with Gasteiger partial charge in [-0.25, -0.2) is 0 Å². The van der Waals surface area contributed by atoms with Gasteiger partial charge in [0.1, 0.15) is 0 Å². The smallest absolute Gasteiger partial charge is 0.00354 e. The van der Waals surface area contributed by atoms with Crippen molar-refractivity contribution in [3.63, 3.8) is 0 Å². The molecular formula is C6H12S2. The number of hydrogen-bond donors (Lipinski definition) is 0. The van der Waals surface area contributed by atoms with Gasteiger partial charge in [0, 0.05) is 0 Å². The fourth-order valence-corrected chi connectivity index (χ4v) is 1.05. The van der Waals surface area contributed by atoms with Crippen molar-refractivity contribution in [1.82, 2.24) is 0 Å². The molecule has 0 aliphatic carbocycles. The first-order valence-electron chi connectivity index (χ1n) is 2.58. The van der Waals surface area contributed by atoms with Crippen molar-refractivity contribution in [2.45, 2.75) is 6.42 Å². The van der Waals surface area contributed by atoms with Crippen LogP contribution in [0.1, 0.15) is 6.42 Å². The molecule has 0 rings (SSSR count). The predicted molar refractivity (Wildman–Crippen MR) is 45.7 cm³/mol. The van der Waals surface area contributed by atoms with Crippen LogP contribution in [0.15, 0.2) is 11.5 Å². The highest BCUT2D eigenvalue weighted by molar-refractivity contribution is 8.01. The van der Waals surface area contributed by atoms with Gasteiger partial charge in [-0.15, -0.1) is 11.8 Å². The fourth-order valence-electron chi connectivity index (χ4n) is 0.350. The molecule has 0 nitrogen and oxygen atoms in total. The quantitative estimate of drug-likeness (QED) is 0.562. The third kappa shape index (κ3) is 6.44. The number of rotatable bonds is 4. The Bertz CT molecular complexity index is 59.5. The topological polar surface area (TPSA) is 0 Å². The summed E-state index contributed by atoms with van der Waals surface area (Å²) in [4.78, 5) is 0. The summed E-state index contributed by atoms with van der Waals surface area (Å²) in [6.45, 7) is 0. The van der Waals surface area contributed by atoms with Crippen LogP contribution < -0.4 is 0 Å².